The lowest BCUT2D eigenvalue weighted by molar-refractivity contribution is 0.496. The summed E-state index contributed by atoms with van der Waals surface area (Å²) in [6, 6.07) is 4.93. The zero-order valence-corrected chi connectivity index (χ0v) is 8.01. The number of hydrogen-bond acceptors (Lipinski definition) is 2. The zero-order valence-electron chi connectivity index (χ0n) is 7.11. The highest BCUT2D eigenvalue weighted by Gasteiger charge is 2.15. The first-order chi connectivity index (χ1) is 5.41. The molecule has 0 aliphatic carbocycles. The number of nitrogens with two attached hydrogens (primary N) is 1. The second-order valence-electron chi connectivity index (χ2n) is 2.93. The minimum atomic E-state index is -3.13. The van der Waals surface area contributed by atoms with Crippen LogP contribution in [0.1, 0.15) is 5.56 Å². The van der Waals surface area contributed by atoms with Gasteiger partial charge in [0.15, 0.2) is 0 Å². The molecule has 0 aromatic heterocycles. The van der Waals surface area contributed by atoms with Crippen molar-refractivity contribution < 1.29 is 9.46 Å². The number of nitrogen functional groups attached to an aromatic ring is 1. The predicted molar refractivity (Wildman–Crippen MR) is 51.0 cm³/mol. The van der Waals surface area contributed by atoms with Crippen LogP contribution in [0.2, 0.25) is 0 Å². The molecule has 1 rings (SSSR count). The molecule has 0 saturated heterocycles. The number of hydrogen-bond donors (Lipinski definition) is 2. The van der Waals surface area contributed by atoms with Crippen LogP contribution >= 0.6 is 7.37 Å². The summed E-state index contributed by atoms with van der Waals surface area (Å²) in [7, 11) is -3.13. The maximum absolute atomic E-state index is 11.3. The lowest BCUT2D eigenvalue weighted by atomic mass is 10.2. The third-order valence-electron chi connectivity index (χ3n) is 1.67. The Hall–Kier alpha value is -0.790. The van der Waals surface area contributed by atoms with Crippen molar-refractivity contribution in [3.05, 3.63) is 23.8 Å². The Labute approximate surface area is 71.7 Å². The molecule has 0 radical (unpaired) electrons. The van der Waals surface area contributed by atoms with Gasteiger partial charge < -0.3 is 10.6 Å². The average molecular weight is 185 g/mol. The Balaban J connectivity index is 3.28. The van der Waals surface area contributed by atoms with Crippen LogP contribution in [0.5, 0.6) is 0 Å². The summed E-state index contributed by atoms with van der Waals surface area (Å²) in [6.45, 7) is 3.10. The summed E-state index contributed by atoms with van der Waals surface area (Å²) in [5, 5.41) is 0.483. The Morgan fingerprint density at radius 3 is 2.50 bits per heavy atom. The Morgan fingerprint density at radius 1 is 1.50 bits per heavy atom. The number of rotatable bonds is 1. The maximum atomic E-state index is 11.3. The Kier molecular flexibility index (Phi) is 2.27. The minimum Gasteiger partial charge on any atom is -0.399 e. The molecule has 1 unspecified atom stereocenters. The predicted octanol–water partition coefficient (Wildman–Crippen LogP) is 1.10. The summed E-state index contributed by atoms with van der Waals surface area (Å²) in [5.74, 6) is 0. The molecule has 0 amide bonds. The number of aryl methyl sites for hydroxylation is 1. The van der Waals surface area contributed by atoms with Crippen molar-refractivity contribution >= 4 is 18.4 Å². The van der Waals surface area contributed by atoms with Crippen LogP contribution in [0.3, 0.4) is 0 Å². The van der Waals surface area contributed by atoms with E-state index in [9.17, 15) is 9.46 Å². The zero-order chi connectivity index (χ0) is 9.35. The van der Waals surface area contributed by atoms with Crippen molar-refractivity contribution in [3.63, 3.8) is 0 Å². The van der Waals surface area contributed by atoms with Gasteiger partial charge in [-0.05, 0) is 30.7 Å². The van der Waals surface area contributed by atoms with E-state index in [0.29, 0.717) is 11.0 Å². The Bertz CT molecular complexity index is 343. The van der Waals surface area contributed by atoms with Crippen molar-refractivity contribution in [1.29, 1.82) is 0 Å². The summed E-state index contributed by atoms with van der Waals surface area (Å²) >= 11 is 0. The van der Waals surface area contributed by atoms with Gasteiger partial charge in [-0.3, -0.25) is 4.57 Å². The second kappa shape index (κ2) is 2.92. The standard InChI is InChI=1S/C8H12NO2P/c1-6-5-7(9)3-4-8(6)12(2,10)11/h3-5H,9H2,1-2H3,(H,10,11). The SMILES string of the molecule is Cc1cc(N)ccc1P(C)(=O)O. The van der Waals surface area contributed by atoms with Gasteiger partial charge in [-0.25, -0.2) is 0 Å². The van der Waals surface area contributed by atoms with Crippen molar-refractivity contribution in [1.82, 2.24) is 0 Å². The first-order valence-electron chi connectivity index (χ1n) is 3.58. The summed E-state index contributed by atoms with van der Waals surface area (Å²) < 4.78 is 11.3. The molecule has 3 N–H and O–H groups in total. The van der Waals surface area contributed by atoms with Gasteiger partial charge in [0, 0.05) is 17.7 Å². The van der Waals surface area contributed by atoms with Gasteiger partial charge in [-0.1, -0.05) is 0 Å². The van der Waals surface area contributed by atoms with E-state index in [1.165, 1.54) is 6.66 Å². The molecule has 66 valence electrons. The van der Waals surface area contributed by atoms with Gasteiger partial charge in [0.2, 0.25) is 7.37 Å². The van der Waals surface area contributed by atoms with E-state index in [1.807, 2.05) is 0 Å². The van der Waals surface area contributed by atoms with Crippen LogP contribution in [-0.4, -0.2) is 11.6 Å². The largest absolute Gasteiger partial charge is 0.399 e. The van der Waals surface area contributed by atoms with Crippen molar-refractivity contribution in [2.75, 3.05) is 12.4 Å². The molecule has 0 spiro atoms. The van der Waals surface area contributed by atoms with Gasteiger partial charge >= 0.3 is 0 Å². The van der Waals surface area contributed by atoms with E-state index in [0.717, 1.165) is 5.56 Å². The first-order valence-corrected chi connectivity index (χ1v) is 5.69. The minimum absolute atomic E-state index is 0.483. The molecule has 3 nitrogen and oxygen atoms in total. The molecule has 12 heavy (non-hydrogen) atoms. The van der Waals surface area contributed by atoms with Gasteiger partial charge in [-0.15, -0.1) is 0 Å². The van der Waals surface area contributed by atoms with Crippen LogP contribution in [-0.2, 0) is 4.57 Å². The number of anilines is 1. The van der Waals surface area contributed by atoms with E-state index in [-0.39, 0.29) is 0 Å². The lowest BCUT2D eigenvalue weighted by Crippen LogP contribution is -2.07. The normalized spacial score (nSPS) is 15.6. The number of benzene rings is 1. The molecule has 0 bridgehead atoms. The van der Waals surface area contributed by atoms with E-state index in [4.69, 9.17) is 5.73 Å². The molecule has 4 heteroatoms. The Morgan fingerprint density at radius 2 is 2.08 bits per heavy atom. The monoisotopic (exact) mass is 185 g/mol. The van der Waals surface area contributed by atoms with E-state index in [2.05, 4.69) is 0 Å². The summed E-state index contributed by atoms with van der Waals surface area (Å²) in [4.78, 5) is 9.28. The summed E-state index contributed by atoms with van der Waals surface area (Å²) in [5.41, 5.74) is 6.88. The highest BCUT2D eigenvalue weighted by Crippen LogP contribution is 2.35. The van der Waals surface area contributed by atoms with Gasteiger partial charge in [0.1, 0.15) is 0 Å². The fourth-order valence-electron chi connectivity index (χ4n) is 1.14. The third kappa shape index (κ3) is 1.87. The topological polar surface area (TPSA) is 63.3 Å². The van der Waals surface area contributed by atoms with Crippen molar-refractivity contribution in [3.8, 4) is 0 Å². The average Bonchev–Trinajstić information content (AvgIpc) is 1.83. The van der Waals surface area contributed by atoms with Crippen LogP contribution in [0.4, 0.5) is 5.69 Å². The van der Waals surface area contributed by atoms with Crippen LogP contribution in [0.15, 0.2) is 18.2 Å². The summed E-state index contributed by atoms with van der Waals surface area (Å²) in [6.07, 6.45) is 0. The molecule has 1 atom stereocenters. The molecule has 0 aliphatic rings. The molecule has 0 fully saturated rings. The molecule has 0 heterocycles. The fraction of sp³-hybridized carbons (Fsp3) is 0.250. The highest BCUT2D eigenvalue weighted by molar-refractivity contribution is 7.65. The van der Waals surface area contributed by atoms with Crippen molar-refractivity contribution in [2.24, 2.45) is 0 Å². The highest BCUT2D eigenvalue weighted by atomic mass is 31.2. The smallest absolute Gasteiger partial charge is 0.226 e. The molecule has 0 saturated carbocycles. The lowest BCUT2D eigenvalue weighted by Gasteiger charge is -2.09. The van der Waals surface area contributed by atoms with E-state index >= 15 is 0 Å². The van der Waals surface area contributed by atoms with Gasteiger partial charge in [0.25, 0.3) is 0 Å². The van der Waals surface area contributed by atoms with Crippen LogP contribution in [0, 0.1) is 6.92 Å². The quantitative estimate of drug-likeness (QED) is 0.508. The molecular weight excluding hydrogens is 173 g/mol. The van der Waals surface area contributed by atoms with Crippen molar-refractivity contribution in [2.45, 2.75) is 6.92 Å². The van der Waals surface area contributed by atoms with E-state index < -0.39 is 7.37 Å². The molecule has 0 aliphatic heterocycles. The van der Waals surface area contributed by atoms with E-state index in [1.54, 1.807) is 25.1 Å². The van der Waals surface area contributed by atoms with Crippen LogP contribution < -0.4 is 11.0 Å². The van der Waals surface area contributed by atoms with Gasteiger partial charge in [-0.2, -0.15) is 0 Å². The maximum Gasteiger partial charge on any atom is 0.226 e. The first kappa shape index (κ1) is 9.30. The molecule has 1 aromatic carbocycles. The van der Waals surface area contributed by atoms with Crippen LogP contribution in [0.25, 0.3) is 0 Å². The fourth-order valence-corrected chi connectivity index (χ4v) is 2.21. The molecular formula is C8H12NO2P. The third-order valence-corrected chi connectivity index (χ3v) is 3.06. The molecule has 1 aromatic rings. The second-order valence-corrected chi connectivity index (χ2v) is 5.17. The van der Waals surface area contributed by atoms with Gasteiger partial charge in [0.05, 0.1) is 0 Å².